The van der Waals surface area contributed by atoms with Crippen molar-refractivity contribution in [2.75, 3.05) is 6.61 Å². The Hall–Kier alpha value is -3.78. The van der Waals surface area contributed by atoms with Crippen molar-refractivity contribution >= 4 is 11.8 Å². The minimum Gasteiger partial charge on any atom is -0.484 e. The fourth-order valence-electron chi connectivity index (χ4n) is 3.09. The number of nitrogens with one attached hydrogen (secondary N) is 1. The van der Waals surface area contributed by atoms with Crippen LogP contribution in [0.5, 0.6) is 5.75 Å². The number of rotatable bonds is 9. The van der Waals surface area contributed by atoms with Crippen LogP contribution >= 0.6 is 0 Å². The number of benzene rings is 2. The van der Waals surface area contributed by atoms with Gasteiger partial charge in [-0.15, -0.1) is 0 Å². The van der Waals surface area contributed by atoms with Crippen molar-refractivity contribution < 1.29 is 14.3 Å². The van der Waals surface area contributed by atoms with Crippen LogP contribution in [-0.2, 0) is 17.9 Å². The quantitative estimate of drug-likeness (QED) is 0.475. The largest absolute Gasteiger partial charge is 0.484 e. The predicted molar refractivity (Wildman–Crippen MR) is 122 cm³/mol. The molecule has 8 heteroatoms. The van der Waals surface area contributed by atoms with E-state index in [1.807, 2.05) is 48.5 Å². The Bertz CT molecular complexity index is 1100. The zero-order chi connectivity index (χ0) is 23.1. The highest BCUT2D eigenvalue weighted by atomic mass is 16.5. The number of amides is 2. The summed E-state index contributed by atoms with van der Waals surface area (Å²) in [6.45, 7) is 4.56. The van der Waals surface area contributed by atoms with Crippen LogP contribution < -0.4 is 21.5 Å². The standard InChI is InChI=1S/C24H27N5O3/c1-15(2)17-6-8-19(9-7-17)32-14-22(30)28-12-16-4-3-5-18(10-16)21-13-27-20(11-25)23(29-21)24(26)31/h3-10,13,15H,11-12,14,25H2,1-2H3,(H2,26,31)(H,28,30). The van der Waals surface area contributed by atoms with Crippen LogP contribution in [0.3, 0.4) is 0 Å². The van der Waals surface area contributed by atoms with E-state index >= 15 is 0 Å². The number of primary amides is 1. The maximum Gasteiger partial charge on any atom is 0.269 e. The lowest BCUT2D eigenvalue weighted by molar-refractivity contribution is -0.123. The molecule has 0 atom stereocenters. The fourth-order valence-corrected chi connectivity index (χ4v) is 3.09. The molecule has 3 aromatic rings. The SMILES string of the molecule is CC(C)c1ccc(OCC(=O)NCc2cccc(-c3cnc(CN)c(C(N)=O)n3)c2)cc1. The molecule has 0 aliphatic carbocycles. The van der Waals surface area contributed by atoms with Gasteiger partial charge in [-0.25, -0.2) is 4.98 Å². The molecular weight excluding hydrogens is 406 g/mol. The van der Waals surface area contributed by atoms with Crippen molar-refractivity contribution in [3.8, 4) is 17.0 Å². The maximum absolute atomic E-state index is 12.2. The van der Waals surface area contributed by atoms with E-state index in [4.69, 9.17) is 16.2 Å². The second kappa shape index (κ2) is 10.5. The van der Waals surface area contributed by atoms with Crippen LogP contribution in [-0.4, -0.2) is 28.4 Å². The first-order chi connectivity index (χ1) is 15.4. The Morgan fingerprint density at radius 2 is 1.88 bits per heavy atom. The molecule has 2 amide bonds. The lowest BCUT2D eigenvalue weighted by Gasteiger charge is -2.10. The maximum atomic E-state index is 12.2. The summed E-state index contributed by atoms with van der Waals surface area (Å²) < 4.78 is 5.56. The molecule has 2 aromatic carbocycles. The third kappa shape index (κ3) is 5.89. The minimum atomic E-state index is -0.679. The molecule has 0 saturated carbocycles. The summed E-state index contributed by atoms with van der Waals surface area (Å²) in [6.07, 6.45) is 1.55. The average molecular weight is 434 g/mol. The number of carbonyl (C=O) groups is 2. The lowest BCUT2D eigenvalue weighted by Crippen LogP contribution is -2.28. The summed E-state index contributed by atoms with van der Waals surface area (Å²) in [5.74, 6) is 0.180. The molecule has 0 radical (unpaired) electrons. The van der Waals surface area contributed by atoms with Crippen LogP contribution in [0, 0.1) is 0 Å². The van der Waals surface area contributed by atoms with E-state index < -0.39 is 5.91 Å². The number of aromatic nitrogens is 2. The number of nitrogens with zero attached hydrogens (tertiary/aromatic N) is 2. The molecule has 1 heterocycles. The summed E-state index contributed by atoms with van der Waals surface area (Å²) in [5, 5.41) is 2.83. The molecule has 0 aliphatic heterocycles. The summed E-state index contributed by atoms with van der Waals surface area (Å²) in [6, 6.07) is 15.1. The smallest absolute Gasteiger partial charge is 0.269 e. The molecule has 0 spiro atoms. The zero-order valence-electron chi connectivity index (χ0n) is 18.2. The van der Waals surface area contributed by atoms with Gasteiger partial charge in [0.2, 0.25) is 0 Å². The summed E-state index contributed by atoms with van der Waals surface area (Å²) in [4.78, 5) is 32.3. The third-order valence-corrected chi connectivity index (χ3v) is 4.90. The van der Waals surface area contributed by atoms with Crippen LogP contribution in [0.1, 0.15) is 47.1 Å². The van der Waals surface area contributed by atoms with Crippen LogP contribution in [0.25, 0.3) is 11.3 Å². The van der Waals surface area contributed by atoms with Gasteiger partial charge >= 0.3 is 0 Å². The van der Waals surface area contributed by atoms with Crippen molar-refractivity contribution in [2.45, 2.75) is 32.9 Å². The fraction of sp³-hybridized carbons (Fsp3) is 0.250. The second-order valence-electron chi connectivity index (χ2n) is 7.61. The van der Waals surface area contributed by atoms with Gasteiger partial charge in [-0.1, -0.05) is 44.2 Å². The number of carbonyl (C=O) groups excluding carboxylic acids is 2. The molecule has 0 aliphatic rings. The van der Waals surface area contributed by atoms with Gasteiger partial charge in [0.1, 0.15) is 5.75 Å². The first kappa shape index (κ1) is 22.9. The van der Waals surface area contributed by atoms with E-state index in [-0.39, 0.29) is 24.8 Å². The molecule has 0 bridgehead atoms. The topological polar surface area (TPSA) is 133 Å². The number of hydrogen-bond donors (Lipinski definition) is 3. The zero-order valence-corrected chi connectivity index (χ0v) is 18.2. The van der Waals surface area contributed by atoms with Crippen molar-refractivity contribution in [1.82, 2.24) is 15.3 Å². The molecule has 0 fully saturated rings. The number of hydrogen-bond acceptors (Lipinski definition) is 6. The van der Waals surface area contributed by atoms with Crippen molar-refractivity contribution in [3.63, 3.8) is 0 Å². The van der Waals surface area contributed by atoms with Gasteiger partial charge in [-0.05, 0) is 35.2 Å². The highest BCUT2D eigenvalue weighted by Gasteiger charge is 2.13. The molecule has 3 rings (SSSR count). The second-order valence-corrected chi connectivity index (χ2v) is 7.61. The van der Waals surface area contributed by atoms with E-state index in [0.29, 0.717) is 29.6 Å². The van der Waals surface area contributed by atoms with Gasteiger partial charge in [-0.3, -0.25) is 14.6 Å². The van der Waals surface area contributed by atoms with Gasteiger partial charge < -0.3 is 21.5 Å². The highest BCUT2D eigenvalue weighted by Crippen LogP contribution is 2.20. The first-order valence-electron chi connectivity index (χ1n) is 10.3. The molecule has 5 N–H and O–H groups in total. The Morgan fingerprint density at radius 1 is 1.12 bits per heavy atom. The summed E-state index contributed by atoms with van der Waals surface area (Å²) in [5.41, 5.74) is 14.7. The molecular formula is C24H27N5O3. The van der Waals surface area contributed by atoms with Crippen LogP contribution in [0.4, 0.5) is 0 Å². The number of ether oxygens (including phenoxy) is 1. The van der Waals surface area contributed by atoms with Crippen LogP contribution in [0.2, 0.25) is 0 Å². The molecule has 1 aromatic heterocycles. The molecule has 8 nitrogen and oxygen atoms in total. The molecule has 32 heavy (non-hydrogen) atoms. The van der Waals surface area contributed by atoms with Crippen molar-refractivity contribution in [1.29, 1.82) is 0 Å². The van der Waals surface area contributed by atoms with E-state index in [2.05, 4.69) is 29.1 Å². The Kier molecular flexibility index (Phi) is 7.51. The Morgan fingerprint density at radius 3 is 2.53 bits per heavy atom. The summed E-state index contributed by atoms with van der Waals surface area (Å²) >= 11 is 0. The molecule has 166 valence electrons. The van der Waals surface area contributed by atoms with E-state index in [1.54, 1.807) is 6.20 Å². The van der Waals surface area contributed by atoms with E-state index in [9.17, 15) is 9.59 Å². The van der Waals surface area contributed by atoms with Crippen molar-refractivity contribution in [2.24, 2.45) is 11.5 Å². The minimum absolute atomic E-state index is 0.0577. The number of nitrogens with two attached hydrogens (primary N) is 2. The predicted octanol–water partition coefficient (Wildman–Crippen LogP) is 2.52. The van der Waals surface area contributed by atoms with Crippen LogP contribution in [0.15, 0.2) is 54.7 Å². The van der Waals surface area contributed by atoms with Gasteiger partial charge in [0.15, 0.2) is 12.3 Å². The highest BCUT2D eigenvalue weighted by molar-refractivity contribution is 5.92. The first-order valence-corrected chi connectivity index (χ1v) is 10.3. The molecule has 0 saturated heterocycles. The average Bonchev–Trinajstić information content (AvgIpc) is 2.81. The monoisotopic (exact) mass is 433 g/mol. The summed E-state index contributed by atoms with van der Waals surface area (Å²) in [7, 11) is 0. The molecule has 0 unspecified atom stereocenters. The van der Waals surface area contributed by atoms with Gasteiger partial charge in [0.25, 0.3) is 11.8 Å². The Labute approximate surface area is 187 Å². The van der Waals surface area contributed by atoms with Gasteiger partial charge in [0.05, 0.1) is 17.6 Å². The van der Waals surface area contributed by atoms with Gasteiger partial charge in [-0.2, -0.15) is 0 Å². The lowest BCUT2D eigenvalue weighted by atomic mass is 10.0. The van der Waals surface area contributed by atoms with Gasteiger partial charge in [0, 0.05) is 18.7 Å². The third-order valence-electron chi connectivity index (χ3n) is 4.90. The van der Waals surface area contributed by atoms with Crippen molar-refractivity contribution in [3.05, 3.63) is 77.2 Å². The normalized spacial score (nSPS) is 10.8. The van der Waals surface area contributed by atoms with E-state index in [1.165, 1.54) is 5.56 Å². The van der Waals surface area contributed by atoms with E-state index in [0.717, 1.165) is 11.1 Å². The Balaban J connectivity index is 1.59.